The summed E-state index contributed by atoms with van der Waals surface area (Å²) >= 11 is 0. The van der Waals surface area contributed by atoms with Crippen molar-refractivity contribution in [2.75, 3.05) is 24.3 Å². The third kappa shape index (κ3) is 5.47. The topological polar surface area (TPSA) is 79.5 Å². The number of terminal acetylenes is 1. The molecule has 0 aliphatic carbocycles. The predicted octanol–water partition coefficient (Wildman–Crippen LogP) is 2.64. The Morgan fingerprint density at radius 2 is 2.04 bits per heavy atom. The number of rotatable bonds is 7. The maximum absolute atomic E-state index is 13.3. The molecule has 0 radical (unpaired) electrons. The van der Waals surface area contributed by atoms with Gasteiger partial charge in [-0.05, 0) is 43.3 Å². The van der Waals surface area contributed by atoms with Gasteiger partial charge in [-0.15, -0.1) is 6.42 Å². The molecule has 3 N–H and O–H groups in total. The molecule has 0 saturated heterocycles. The number of hydrogen-bond acceptors (Lipinski definition) is 4. The first-order valence-corrected chi connectivity index (χ1v) is 8.17. The van der Waals surface area contributed by atoms with Crippen LogP contribution in [0.5, 0.6) is 5.75 Å². The third-order valence-electron chi connectivity index (χ3n) is 3.68. The molecule has 0 fully saturated rings. The van der Waals surface area contributed by atoms with Gasteiger partial charge in [0, 0.05) is 11.3 Å². The molecule has 0 heterocycles. The minimum Gasteiger partial charge on any atom is -0.495 e. The normalized spacial score (nSPS) is 11.0. The van der Waals surface area contributed by atoms with Gasteiger partial charge in [0.25, 0.3) is 5.91 Å². The molecule has 0 aliphatic rings. The van der Waals surface area contributed by atoms with E-state index < -0.39 is 17.8 Å². The molecule has 0 aromatic heterocycles. The first-order chi connectivity index (χ1) is 12.9. The van der Waals surface area contributed by atoms with Crippen molar-refractivity contribution in [1.29, 1.82) is 0 Å². The molecular formula is C20H20FN3O3. The van der Waals surface area contributed by atoms with Gasteiger partial charge in [-0.25, -0.2) is 4.39 Å². The van der Waals surface area contributed by atoms with Crippen molar-refractivity contribution < 1.29 is 18.7 Å². The lowest BCUT2D eigenvalue weighted by Gasteiger charge is -2.17. The predicted molar refractivity (Wildman–Crippen MR) is 102 cm³/mol. The van der Waals surface area contributed by atoms with Crippen LogP contribution in [0.15, 0.2) is 42.5 Å². The van der Waals surface area contributed by atoms with Gasteiger partial charge in [-0.1, -0.05) is 12.0 Å². The zero-order valence-electron chi connectivity index (χ0n) is 15.0. The van der Waals surface area contributed by atoms with Crippen molar-refractivity contribution >= 4 is 23.2 Å². The van der Waals surface area contributed by atoms with Crippen molar-refractivity contribution in [3.8, 4) is 18.1 Å². The average molecular weight is 369 g/mol. The van der Waals surface area contributed by atoms with Gasteiger partial charge < -0.3 is 20.7 Å². The van der Waals surface area contributed by atoms with Gasteiger partial charge in [0.1, 0.15) is 17.6 Å². The average Bonchev–Trinajstić information content (AvgIpc) is 2.66. The van der Waals surface area contributed by atoms with Crippen molar-refractivity contribution in [2.24, 2.45) is 0 Å². The number of ether oxygens (including phenoxy) is 1. The maximum Gasteiger partial charge on any atom is 0.255 e. The molecule has 2 amide bonds. The van der Waals surface area contributed by atoms with Gasteiger partial charge in [0.2, 0.25) is 5.91 Å². The van der Waals surface area contributed by atoms with E-state index in [4.69, 9.17) is 11.2 Å². The van der Waals surface area contributed by atoms with E-state index in [1.54, 1.807) is 25.1 Å². The van der Waals surface area contributed by atoms with Crippen LogP contribution in [0.1, 0.15) is 17.3 Å². The van der Waals surface area contributed by atoms with Crippen LogP contribution in [0.4, 0.5) is 15.8 Å². The van der Waals surface area contributed by atoms with Crippen molar-refractivity contribution in [3.63, 3.8) is 0 Å². The van der Waals surface area contributed by atoms with Crippen LogP contribution in [0, 0.1) is 18.2 Å². The van der Waals surface area contributed by atoms with Crippen LogP contribution >= 0.6 is 0 Å². The Morgan fingerprint density at radius 3 is 2.70 bits per heavy atom. The molecule has 27 heavy (non-hydrogen) atoms. The lowest BCUT2D eigenvalue weighted by Crippen LogP contribution is -2.37. The maximum atomic E-state index is 13.3. The summed E-state index contributed by atoms with van der Waals surface area (Å²) in [5.74, 6) is 1.52. The Balaban J connectivity index is 2.16. The number of halogens is 1. The summed E-state index contributed by atoms with van der Waals surface area (Å²) in [4.78, 5) is 24.3. The van der Waals surface area contributed by atoms with Gasteiger partial charge in [0.05, 0.1) is 19.3 Å². The molecule has 2 rings (SSSR count). The van der Waals surface area contributed by atoms with E-state index in [-0.39, 0.29) is 18.0 Å². The molecule has 0 spiro atoms. The number of anilines is 2. The fraction of sp³-hybridized carbons (Fsp3) is 0.200. The molecule has 0 saturated carbocycles. The number of amides is 2. The number of carbonyl (C=O) groups excluding carboxylic acids is 2. The summed E-state index contributed by atoms with van der Waals surface area (Å²) in [6.45, 7) is 1.82. The fourth-order valence-electron chi connectivity index (χ4n) is 2.33. The quantitative estimate of drug-likeness (QED) is 0.656. The number of methoxy groups -OCH3 is 1. The Morgan fingerprint density at radius 1 is 1.26 bits per heavy atom. The number of benzene rings is 2. The molecule has 0 aliphatic heterocycles. The van der Waals surface area contributed by atoms with Gasteiger partial charge in [0.15, 0.2) is 0 Å². The Hall–Kier alpha value is -3.53. The highest BCUT2D eigenvalue weighted by atomic mass is 19.1. The lowest BCUT2D eigenvalue weighted by molar-refractivity contribution is -0.121. The van der Waals surface area contributed by atoms with Gasteiger partial charge in [-0.3, -0.25) is 9.59 Å². The van der Waals surface area contributed by atoms with Crippen molar-refractivity contribution in [3.05, 3.63) is 53.8 Å². The molecule has 1 atom stereocenters. The third-order valence-corrected chi connectivity index (χ3v) is 3.68. The summed E-state index contributed by atoms with van der Waals surface area (Å²) in [6, 6.07) is 9.80. The van der Waals surface area contributed by atoms with Gasteiger partial charge in [-0.2, -0.15) is 0 Å². The molecule has 140 valence electrons. The van der Waals surface area contributed by atoms with E-state index >= 15 is 0 Å². The number of hydrogen-bond donors (Lipinski definition) is 3. The summed E-state index contributed by atoms with van der Waals surface area (Å²) in [6.07, 6.45) is 5.12. The van der Waals surface area contributed by atoms with E-state index in [0.717, 1.165) is 6.07 Å². The largest absolute Gasteiger partial charge is 0.495 e. The van der Waals surface area contributed by atoms with Crippen LogP contribution < -0.4 is 20.7 Å². The van der Waals surface area contributed by atoms with Crippen LogP contribution in [0.25, 0.3) is 0 Å². The molecule has 7 heteroatoms. The monoisotopic (exact) mass is 369 g/mol. The molecule has 2 aromatic carbocycles. The van der Waals surface area contributed by atoms with Crippen LogP contribution in [0.2, 0.25) is 0 Å². The number of nitrogens with one attached hydrogen (secondary N) is 3. The fourth-order valence-corrected chi connectivity index (χ4v) is 2.33. The first kappa shape index (κ1) is 19.8. The zero-order chi connectivity index (χ0) is 19.8. The highest BCUT2D eigenvalue weighted by Gasteiger charge is 2.15. The lowest BCUT2D eigenvalue weighted by atomic mass is 10.2. The highest BCUT2D eigenvalue weighted by molar-refractivity contribution is 6.05. The summed E-state index contributed by atoms with van der Waals surface area (Å²) in [5.41, 5.74) is 1.15. The van der Waals surface area contributed by atoms with Crippen molar-refractivity contribution in [2.45, 2.75) is 13.0 Å². The first-order valence-electron chi connectivity index (χ1n) is 8.17. The standard InChI is InChI=1S/C20H20FN3O3/c1-4-10-22-19(25)13(2)23-16-8-9-18(27-3)17(12-16)24-20(26)14-6-5-7-15(21)11-14/h1,5-9,11-13,23H,10H2,2-3H3,(H,22,25)(H,24,26)/t13-/m1/s1. The van der Waals surface area contributed by atoms with E-state index in [0.29, 0.717) is 17.1 Å². The van der Waals surface area contributed by atoms with E-state index in [9.17, 15) is 14.0 Å². The minimum atomic E-state index is -0.543. The Kier molecular flexibility index (Phi) is 6.78. The molecule has 2 aromatic rings. The summed E-state index contributed by atoms with van der Waals surface area (Å²) < 4.78 is 18.6. The molecule has 6 nitrogen and oxygen atoms in total. The van der Waals surface area contributed by atoms with E-state index in [1.165, 1.54) is 25.3 Å². The second kappa shape index (κ2) is 9.25. The molecular weight excluding hydrogens is 349 g/mol. The van der Waals surface area contributed by atoms with E-state index in [1.807, 2.05) is 0 Å². The van der Waals surface area contributed by atoms with Crippen LogP contribution in [-0.2, 0) is 4.79 Å². The molecule has 0 bridgehead atoms. The summed E-state index contributed by atoms with van der Waals surface area (Å²) in [5, 5.41) is 8.28. The van der Waals surface area contributed by atoms with Crippen molar-refractivity contribution in [1.82, 2.24) is 5.32 Å². The zero-order valence-corrected chi connectivity index (χ0v) is 15.0. The Labute approximate surface area is 157 Å². The minimum absolute atomic E-state index is 0.141. The SMILES string of the molecule is C#CCNC(=O)[C@@H](C)Nc1ccc(OC)c(NC(=O)c2cccc(F)c2)c1. The highest BCUT2D eigenvalue weighted by Crippen LogP contribution is 2.28. The second-order valence-electron chi connectivity index (χ2n) is 5.67. The Bertz CT molecular complexity index is 877. The van der Waals surface area contributed by atoms with Crippen LogP contribution in [-0.4, -0.2) is 31.5 Å². The van der Waals surface area contributed by atoms with Gasteiger partial charge >= 0.3 is 0 Å². The number of carbonyl (C=O) groups is 2. The second-order valence-corrected chi connectivity index (χ2v) is 5.67. The molecule has 0 unspecified atom stereocenters. The van der Waals surface area contributed by atoms with E-state index in [2.05, 4.69) is 21.9 Å². The van der Waals surface area contributed by atoms with Crippen LogP contribution in [0.3, 0.4) is 0 Å². The summed E-state index contributed by atoms with van der Waals surface area (Å²) in [7, 11) is 1.47. The smallest absolute Gasteiger partial charge is 0.255 e.